The molecule has 1 amide bonds. The van der Waals surface area contributed by atoms with E-state index in [1.807, 2.05) is 48.5 Å². The van der Waals surface area contributed by atoms with Crippen LogP contribution in [0.2, 0.25) is 0 Å². The van der Waals surface area contributed by atoms with Gasteiger partial charge in [0.1, 0.15) is 41.3 Å². The van der Waals surface area contributed by atoms with E-state index in [0.29, 0.717) is 18.4 Å². The van der Waals surface area contributed by atoms with Crippen molar-refractivity contribution in [1.29, 1.82) is 0 Å². The molecule has 210 valence electrons. The maximum atomic E-state index is 11.8. The smallest absolute Gasteiger partial charge is 0.413 e. The molecule has 0 spiro atoms. The van der Waals surface area contributed by atoms with E-state index in [1.165, 1.54) is 16.7 Å². The molecule has 2 aromatic carbocycles. The van der Waals surface area contributed by atoms with Crippen molar-refractivity contribution >= 4 is 23.0 Å². The number of amidine groups is 1. The van der Waals surface area contributed by atoms with Gasteiger partial charge in [-0.2, -0.15) is 0 Å². The molecule has 1 fully saturated rings. The molecule has 0 radical (unpaired) electrons. The average molecular weight is 559 g/mol. The minimum atomic E-state index is -1.07. The number of carboxylic acid groups (broad SMARTS) is 1. The summed E-state index contributed by atoms with van der Waals surface area (Å²) in [5, 5.41) is 10.1. The van der Waals surface area contributed by atoms with Crippen molar-refractivity contribution in [3.05, 3.63) is 72.0 Å². The predicted molar refractivity (Wildman–Crippen MR) is 147 cm³/mol. The van der Waals surface area contributed by atoms with Gasteiger partial charge in [0, 0.05) is 6.54 Å². The standard InChI is InChI=1S/C28H34N2O8S/c1-5-30(28(31)32)27-29-23-25(37-17-19-8-12-21(35-4)13-9-19)24(22(14-15-33-2)38-26(23)39-27)36-16-18-6-10-20(34-3)11-7-18/h6-15,22-26H,5,16-17H2,1-4H3,(H,31,32)/b15-14+/t22-,23-,24-,25-,26-/m1/s1. The number of benzene rings is 2. The van der Waals surface area contributed by atoms with Gasteiger partial charge in [0.25, 0.3) is 0 Å². The lowest BCUT2D eigenvalue weighted by Crippen LogP contribution is -2.56. The fourth-order valence-electron chi connectivity index (χ4n) is 4.35. The lowest BCUT2D eigenvalue weighted by atomic mass is 9.97. The highest BCUT2D eigenvalue weighted by molar-refractivity contribution is 8.14. The predicted octanol–water partition coefficient (Wildman–Crippen LogP) is 4.53. The number of carbonyl (C=O) groups is 1. The maximum Gasteiger partial charge on any atom is 0.413 e. The van der Waals surface area contributed by atoms with E-state index in [4.69, 9.17) is 33.4 Å². The quantitative estimate of drug-likeness (QED) is 0.398. The maximum absolute atomic E-state index is 11.8. The Balaban J connectivity index is 1.62. The number of fused-ring (bicyclic) bond motifs is 1. The van der Waals surface area contributed by atoms with Crippen LogP contribution in [0.5, 0.6) is 11.5 Å². The zero-order valence-corrected chi connectivity index (χ0v) is 23.2. The van der Waals surface area contributed by atoms with Gasteiger partial charge >= 0.3 is 6.09 Å². The molecule has 5 atom stereocenters. The van der Waals surface area contributed by atoms with Gasteiger partial charge in [-0.3, -0.25) is 9.89 Å². The van der Waals surface area contributed by atoms with Crippen molar-refractivity contribution in [2.24, 2.45) is 4.99 Å². The van der Waals surface area contributed by atoms with Crippen molar-refractivity contribution in [2.45, 2.75) is 49.9 Å². The number of amides is 1. The Morgan fingerprint density at radius 1 is 0.974 bits per heavy atom. The van der Waals surface area contributed by atoms with Crippen LogP contribution in [0.1, 0.15) is 18.1 Å². The molecule has 1 saturated heterocycles. The van der Waals surface area contributed by atoms with Crippen molar-refractivity contribution in [3.63, 3.8) is 0 Å². The summed E-state index contributed by atoms with van der Waals surface area (Å²) in [7, 11) is 4.80. The Morgan fingerprint density at radius 3 is 2.03 bits per heavy atom. The number of rotatable bonds is 11. The third kappa shape index (κ3) is 7.04. The summed E-state index contributed by atoms with van der Waals surface area (Å²) in [4.78, 5) is 17.8. The van der Waals surface area contributed by atoms with Crippen LogP contribution < -0.4 is 9.47 Å². The Kier molecular flexibility index (Phi) is 10.1. The Hall–Kier alpha value is -3.25. The van der Waals surface area contributed by atoms with Crippen LogP contribution in [0.25, 0.3) is 0 Å². The highest BCUT2D eigenvalue weighted by Gasteiger charge is 2.51. The van der Waals surface area contributed by atoms with Crippen molar-refractivity contribution in [2.75, 3.05) is 27.9 Å². The fourth-order valence-corrected chi connectivity index (χ4v) is 5.61. The van der Waals surface area contributed by atoms with E-state index in [9.17, 15) is 9.90 Å². The monoisotopic (exact) mass is 558 g/mol. The van der Waals surface area contributed by atoms with Crippen LogP contribution in [0, 0.1) is 0 Å². The molecule has 0 saturated carbocycles. The highest BCUT2D eigenvalue weighted by atomic mass is 32.2. The molecule has 0 bridgehead atoms. The molecule has 2 aliphatic heterocycles. The van der Waals surface area contributed by atoms with Crippen molar-refractivity contribution < 1.29 is 38.3 Å². The zero-order valence-electron chi connectivity index (χ0n) is 22.4. The van der Waals surface area contributed by atoms with Gasteiger partial charge in [-0.1, -0.05) is 36.0 Å². The first kappa shape index (κ1) is 28.8. The van der Waals surface area contributed by atoms with Crippen LogP contribution in [-0.4, -0.2) is 78.9 Å². The summed E-state index contributed by atoms with van der Waals surface area (Å²) in [5.74, 6) is 1.51. The third-order valence-electron chi connectivity index (χ3n) is 6.42. The second-order valence-corrected chi connectivity index (χ2v) is 9.89. The van der Waals surface area contributed by atoms with Crippen LogP contribution in [0.4, 0.5) is 4.79 Å². The molecule has 0 aromatic heterocycles. The summed E-state index contributed by atoms with van der Waals surface area (Å²) in [6.07, 6.45) is 0.654. The third-order valence-corrected chi connectivity index (χ3v) is 7.58. The van der Waals surface area contributed by atoms with Crippen LogP contribution in [0.3, 0.4) is 0 Å². The van der Waals surface area contributed by atoms with E-state index >= 15 is 0 Å². The summed E-state index contributed by atoms with van der Waals surface area (Å²) >= 11 is 1.28. The zero-order chi connectivity index (χ0) is 27.8. The largest absolute Gasteiger partial charge is 0.505 e. The number of methoxy groups -OCH3 is 3. The van der Waals surface area contributed by atoms with E-state index in [-0.39, 0.29) is 6.54 Å². The average Bonchev–Trinajstić information content (AvgIpc) is 3.37. The number of thioether (sulfide) groups is 1. The SMILES string of the molecule is CCN(C(=O)O)C1=N[C@@H]2[C@@H](OCc3ccc(OC)cc3)[C@H](OCc3ccc(OC)cc3)[C@@H](/C=C/OC)O[C@@H]2S1. The highest BCUT2D eigenvalue weighted by Crippen LogP contribution is 2.40. The number of hydrogen-bond acceptors (Lipinski definition) is 9. The Morgan fingerprint density at radius 2 is 1.54 bits per heavy atom. The molecule has 0 unspecified atom stereocenters. The second-order valence-electron chi connectivity index (χ2n) is 8.83. The lowest BCUT2D eigenvalue weighted by Gasteiger charge is -2.41. The van der Waals surface area contributed by atoms with Crippen LogP contribution >= 0.6 is 11.8 Å². The number of nitrogens with zero attached hydrogens (tertiary/aromatic N) is 2. The van der Waals surface area contributed by atoms with E-state index in [1.54, 1.807) is 40.6 Å². The topological polar surface area (TPSA) is 108 Å². The minimum absolute atomic E-state index is 0.266. The molecule has 0 aliphatic carbocycles. The van der Waals surface area contributed by atoms with E-state index in [2.05, 4.69) is 0 Å². The van der Waals surface area contributed by atoms with Gasteiger partial charge in [-0.15, -0.1) is 0 Å². The van der Waals surface area contributed by atoms with Crippen LogP contribution in [-0.2, 0) is 32.2 Å². The van der Waals surface area contributed by atoms with Crippen molar-refractivity contribution in [1.82, 2.24) is 4.90 Å². The van der Waals surface area contributed by atoms with E-state index < -0.39 is 35.9 Å². The second kappa shape index (κ2) is 13.7. The van der Waals surface area contributed by atoms with Gasteiger partial charge in [-0.25, -0.2) is 4.79 Å². The van der Waals surface area contributed by atoms with Crippen LogP contribution in [0.15, 0.2) is 65.9 Å². The summed E-state index contributed by atoms with van der Waals surface area (Å²) < 4.78 is 35.0. The summed E-state index contributed by atoms with van der Waals surface area (Å²) in [5.41, 5.74) is 1.45. The van der Waals surface area contributed by atoms with Gasteiger partial charge in [0.15, 0.2) is 5.17 Å². The minimum Gasteiger partial charge on any atom is -0.505 e. The molecule has 1 N–H and O–H groups in total. The number of ether oxygens (including phenoxy) is 6. The number of aliphatic imine (C=N–C) groups is 1. The van der Waals surface area contributed by atoms with Gasteiger partial charge in [-0.05, 0) is 48.4 Å². The summed E-state index contributed by atoms with van der Waals surface area (Å²) in [6.45, 7) is 2.63. The van der Waals surface area contributed by atoms with Gasteiger partial charge in [0.05, 0.1) is 40.8 Å². The Labute approximate surface area is 232 Å². The molecule has 2 heterocycles. The first-order chi connectivity index (χ1) is 19.0. The summed E-state index contributed by atoms with van der Waals surface area (Å²) in [6, 6.07) is 14.8. The lowest BCUT2D eigenvalue weighted by molar-refractivity contribution is -0.184. The number of hydrogen-bond donors (Lipinski definition) is 1. The first-order valence-corrected chi connectivity index (χ1v) is 13.4. The van der Waals surface area contributed by atoms with Gasteiger partial charge < -0.3 is 33.5 Å². The molecule has 2 aliphatic rings. The molecule has 11 heteroatoms. The first-order valence-electron chi connectivity index (χ1n) is 12.6. The molecular weight excluding hydrogens is 524 g/mol. The molecular formula is C28H34N2O8S. The molecule has 10 nitrogen and oxygen atoms in total. The Bertz CT molecular complexity index is 1140. The molecule has 4 rings (SSSR count). The van der Waals surface area contributed by atoms with Gasteiger partial charge in [0.2, 0.25) is 0 Å². The molecule has 39 heavy (non-hydrogen) atoms. The molecule has 2 aromatic rings. The fraction of sp³-hybridized carbons (Fsp3) is 0.429. The van der Waals surface area contributed by atoms with E-state index in [0.717, 1.165) is 22.6 Å². The normalized spacial score (nSPS) is 24.2. The van der Waals surface area contributed by atoms with Crippen molar-refractivity contribution in [3.8, 4) is 11.5 Å².